The predicted molar refractivity (Wildman–Crippen MR) is 124 cm³/mol. The van der Waals surface area contributed by atoms with E-state index in [2.05, 4.69) is 5.32 Å². The van der Waals surface area contributed by atoms with E-state index >= 15 is 0 Å². The Morgan fingerprint density at radius 1 is 1.06 bits per heavy atom. The van der Waals surface area contributed by atoms with Crippen molar-refractivity contribution in [3.05, 3.63) is 29.8 Å². The van der Waals surface area contributed by atoms with Crippen molar-refractivity contribution in [2.75, 3.05) is 0 Å². The Balaban J connectivity index is 1.19. The van der Waals surface area contributed by atoms with Crippen molar-refractivity contribution in [1.29, 1.82) is 0 Å². The summed E-state index contributed by atoms with van der Waals surface area (Å²) < 4.78 is 12.5. The average molecular weight is 472 g/mol. The van der Waals surface area contributed by atoms with Crippen molar-refractivity contribution >= 4 is 6.09 Å². The second-order valence-electron chi connectivity index (χ2n) is 12.5. The Labute approximate surface area is 201 Å². The van der Waals surface area contributed by atoms with Crippen LogP contribution in [-0.4, -0.2) is 33.9 Å². The summed E-state index contributed by atoms with van der Waals surface area (Å²) in [6.45, 7) is 5.69. The molecule has 6 aliphatic rings. The molecule has 1 amide bonds. The number of amides is 1. The number of hydrogen-bond donors (Lipinski definition) is 2. The number of phenolic OH excluding ortho intramolecular Hbond substituents is 1. The third-order valence-electron chi connectivity index (χ3n) is 8.80. The molecule has 5 aliphatic carbocycles. The molecule has 4 atom stereocenters. The molecule has 7 heteroatoms. The first-order chi connectivity index (χ1) is 16.1. The normalized spacial score (nSPS) is 42.9. The molecule has 1 aliphatic heterocycles. The first-order valence-corrected chi connectivity index (χ1v) is 12.9. The molecule has 3 unspecified atom stereocenters. The highest BCUT2D eigenvalue weighted by atomic mass is 17.3. The molecule has 0 aromatic heterocycles. The molecule has 1 heterocycles. The third kappa shape index (κ3) is 3.80. The second-order valence-corrected chi connectivity index (χ2v) is 12.5. The van der Waals surface area contributed by atoms with Crippen molar-refractivity contribution in [2.45, 2.75) is 107 Å². The molecule has 186 valence electrons. The maximum atomic E-state index is 12.7. The number of alkyl carbamates (subject to hydrolysis) is 1. The zero-order chi connectivity index (χ0) is 23.8. The van der Waals surface area contributed by atoms with Gasteiger partial charge in [0.1, 0.15) is 11.4 Å². The molecule has 7 rings (SSSR count). The molecule has 1 saturated heterocycles. The molecule has 1 aromatic carbocycles. The Kier molecular flexibility index (Phi) is 5.05. The zero-order valence-corrected chi connectivity index (χ0v) is 20.5. The van der Waals surface area contributed by atoms with E-state index in [-0.39, 0.29) is 29.2 Å². The highest BCUT2D eigenvalue weighted by Crippen LogP contribution is 2.65. The summed E-state index contributed by atoms with van der Waals surface area (Å²) in [5, 5.41) is 12.9. The molecule has 2 N–H and O–H groups in total. The van der Waals surface area contributed by atoms with Crippen LogP contribution in [0.3, 0.4) is 0 Å². The van der Waals surface area contributed by atoms with Crippen LogP contribution < -0.4 is 5.32 Å². The van der Waals surface area contributed by atoms with Gasteiger partial charge in [-0.25, -0.2) is 4.79 Å². The van der Waals surface area contributed by atoms with E-state index in [1.54, 1.807) is 12.1 Å². The van der Waals surface area contributed by atoms with Crippen molar-refractivity contribution < 1.29 is 29.1 Å². The van der Waals surface area contributed by atoms with Gasteiger partial charge in [-0.2, -0.15) is 9.78 Å². The number of carbonyl (C=O) groups is 1. The quantitative estimate of drug-likeness (QED) is 0.552. The van der Waals surface area contributed by atoms with Crippen molar-refractivity contribution in [1.82, 2.24) is 5.32 Å². The van der Waals surface area contributed by atoms with Gasteiger partial charge in [-0.15, -0.1) is 0 Å². The molecule has 7 nitrogen and oxygen atoms in total. The van der Waals surface area contributed by atoms with Crippen LogP contribution in [0.2, 0.25) is 0 Å². The number of ether oxygens (including phenoxy) is 2. The van der Waals surface area contributed by atoms with Crippen LogP contribution in [0.15, 0.2) is 24.3 Å². The van der Waals surface area contributed by atoms with Crippen LogP contribution in [0.1, 0.15) is 90.0 Å². The molecule has 2 spiro atoms. The van der Waals surface area contributed by atoms with Gasteiger partial charge in [0.25, 0.3) is 0 Å². The second kappa shape index (κ2) is 7.58. The van der Waals surface area contributed by atoms with Crippen LogP contribution in [0.25, 0.3) is 0 Å². The van der Waals surface area contributed by atoms with E-state index in [9.17, 15) is 9.90 Å². The smallest absolute Gasteiger partial charge is 0.408 e. The van der Waals surface area contributed by atoms with E-state index < -0.39 is 17.2 Å². The van der Waals surface area contributed by atoms with Crippen LogP contribution in [0.5, 0.6) is 5.75 Å². The zero-order valence-electron chi connectivity index (χ0n) is 20.5. The number of benzene rings is 1. The molecule has 5 saturated carbocycles. The summed E-state index contributed by atoms with van der Waals surface area (Å²) >= 11 is 0. The minimum atomic E-state index is -0.720. The van der Waals surface area contributed by atoms with Gasteiger partial charge < -0.3 is 19.9 Å². The maximum Gasteiger partial charge on any atom is 0.408 e. The van der Waals surface area contributed by atoms with Gasteiger partial charge in [-0.1, -0.05) is 12.1 Å². The lowest BCUT2D eigenvalue weighted by molar-refractivity contribution is -0.391. The largest absolute Gasteiger partial charge is 0.508 e. The predicted octanol–water partition coefficient (Wildman–Crippen LogP) is 5.52. The van der Waals surface area contributed by atoms with Gasteiger partial charge in [-0.3, -0.25) is 0 Å². The monoisotopic (exact) mass is 471 g/mol. The molecule has 6 fully saturated rings. The lowest BCUT2D eigenvalue weighted by Gasteiger charge is -2.62. The fraction of sp³-hybridized carbons (Fsp3) is 0.741. The van der Waals surface area contributed by atoms with Crippen LogP contribution >= 0.6 is 0 Å². The van der Waals surface area contributed by atoms with Crippen LogP contribution in [0, 0.1) is 17.8 Å². The third-order valence-corrected chi connectivity index (χ3v) is 8.80. The van der Waals surface area contributed by atoms with Gasteiger partial charge >= 0.3 is 6.09 Å². The van der Waals surface area contributed by atoms with E-state index in [4.69, 9.17) is 19.2 Å². The van der Waals surface area contributed by atoms with Crippen molar-refractivity contribution in [3.63, 3.8) is 0 Å². The summed E-state index contributed by atoms with van der Waals surface area (Å²) in [5.41, 5.74) is 0.449. The Bertz CT molecular complexity index is 939. The molecule has 34 heavy (non-hydrogen) atoms. The molecular weight excluding hydrogens is 434 g/mol. The summed E-state index contributed by atoms with van der Waals surface area (Å²) in [7, 11) is 0. The van der Waals surface area contributed by atoms with Gasteiger partial charge in [0.05, 0.1) is 0 Å². The summed E-state index contributed by atoms with van der Waals surface area (Å²) in [6.07, 6.45) is 8.11. The SMILES string of the molecule is CC(C)(C)OC(=O)NC12CC3CC(C1)C1(OO[C@@]4(CCCC(c5ccc(O)cc5)C4)O1)C(C3)C2. The first-order valence-electron chi connectivity index (χ1n) is 12.9. The first kappa shape index (κ1) is 22.6. The minimum absolute atomic E-state index is 0.196. The fourth-order valence-electron chi connectivity index (χ4n) is 7.77. The highest BCUT2D eigenvalue weighted by molar-refractivity contribution is 5.69. The highest BCUT2D eigenvalue weighted by Gasteiger charge is 2.70. The lowest BCUT2D eigenvalue weighted by Crippen LogP contribution is -2.69. The van der Waals surface area contributed by atoms with Gasteiger partial charge in [0.2, 0.25) is 11.6 Å². The van der Waals surface area contributed by atoms with Crippen LogP contribution in [-0.2, 0) is 19.2 Å². The molecule has 0 radical (unpaired) electrons. The molecule has 4 bridgehead atoms. The number of aromatic hydroxyl groups is 1. The Hall–Kier alpha value is -1.83. The van der Waals surface area contributed by atoms with Gasteiger partial charge in [0.15, 0.2) is 0 Å². The Morgan fingerprint density at radius 2 is 1.76 bits per heavy atom. The standard InChI is InChI=1S/C27H37NO6/c1-24(2,3)31-23(30)28-25-13-17-11-20(15-25)27(21(12-17)16-25)32-26(33-34-27)10-4-5-19(14-26)18-6-8-22(29)9-7-18/h6-9,17,19-21,29H,4-5,10-16H2,1-3H3,(H,28,30)/t17?,19?,20?,21?,25?,26-,27?/m1/s1. The summed E-state index contributed by atoms with van der Waals surface area (Å²) in [5.74, 6) is 0.120. The average Bonchev–Trinajstić information content (AvgIpc) is 3.10. The molecule has 1 aromatic rings. The topological polar surface area (TPSA) is 86.3 Å². The van der Waals surface area contributed by atoms with Crippen molar-refractivity contribution in [3.8, 4) is 5.75 Å². The van der Waals surface area contributed by atoms with Crippen molar-refractivity contribution in [2.24, 2.45) is 17.8 Å². The minimum Gasteiger partial charge on any atom is -0.508 e. The number of nitrogens with one attached hydrogen (secondary N) is 1. The van der Waals surface area contributed by atoms with E-state index in [1.165, 1.54) is 5.56 Å². The maximum absolute atomic E-state index is 12.7. The number of rotatable bonds is 2. The summed E-state index contributed by atoms with van der Waals surface area (Å²) in [4.78, 5) is 25.0. The van der Waals surface area contributed by atoms with E-state index in [0.29, 0.717) is 11.8 Å². The van der Waals surface area contributed by atoms with Crippen LogP contribution in [0.4, 0.5) is 4.79 Å². The van der Waals surface area contributed by atoms with E-state index in [1.807, 2.05) is 32.9 Å². The molecular formula is C27H37NO6. The summed E-state index contributed by atoms with van der Waals surface area (Å²) in [6, 6.07) is 7.50. The van der Waals surface area contributed by atoms with E-state index in [0.717, 1.165) is 57.8 Å². The lowest BCUT2D eigenvalue weighted by atomic mass is 9.50. The number of carbonyl (C=O) groups excluding carboxylic acids is 1. The Morgan fingerprint density at radius 3 is 2.44 bits per heavy atom. The number of hydrogen-bond acceptors (Lipinski definition) is 6. The fourth-order valence-corrected chi connectivity index (χ4v) is 7.77. The number of phenols is 1. The van der Waals surface area contributed by atoms with Gasteiger partial charge in [-0.05, 0) is 95.2 Å². The van der Waals surface area contributed by atoms with Gasteiger partial charge in [0, 0.05) is 30.2 Å².